The zero-order valence-corrected chi connectivity index (χ0v) is 18.7. The maximum atomic E-state index is 15.0. The highest BCUT2D eigenvalue weighted by atomic mass is 19.2. The number of hydrogen-bond donors (Lipinski definition) is 0. The van der Waals surface area contributed by atoms with E-state index >= 15 is 4.39 Å². The number of benzene rings is 2. The number of hydrogen-bond acceptors (Lipinski definition) is 0. The van der Waals surface area contributed by atoms with Gasteiger partial charge in [0.05, 0.1) is 0 Å². The largest absolute Gasteiger partial charge is 0.203 e. The molecule has 2 aliphatic carbocycles. The van der Waals surface area contributed by atoms with E-state index < -0.39 is 23.3 Å². The molecular formula is C27H32F4. The van der Waals surface area contributed by atoms with Crippen molar-refractivity contribution in [1.29, 1.82) is 0 Å². The zero-order valence-electron chi connectivity index (χ0n) is 18.7. The second-order valence-electron chi connectivity index (χ2n) is 10.6. The van der Waals surface area contributed by atoms with E-state index in [2.05, 4.69) is 20.8 Å². The average Bonchev–Trinajstić information content (AvgIpc) is 2.74. The summed E-state index contributed by atoms with van der Waals surface area (Å²) in [5, 5.41) is 0. The van der Waals surface area contributed by atoms with Crippen molar-refractivity contribution >= 4 is 0 Å². The molecule has 0 amide bonds. The van der Waals surface area contributed by atoms with Gasteiger partial charge in [-0.2, -0.15) is 0 Å². The highest BCUT2D eigenvalue weighted by Gasteiger charge is 2.31. The van der Waals surface area contributed by atoms with Gasteiger partial charge in [0.25, 0.3) is 0 Å². The maximum Gasteiger partial charge on any atom is 0.167 e. The van der Waals surface area contributed by atoms with E-state index in [9.17, 15) is 13.2 Å². The Hall–Kier alpha value is -1.84. The molecule has 2 saturated carbocycles. The minimum Gasteiger partial charge on any atom is -0.203 e. The van der Waals surface area contributed by atoms with Crippen LogP contribution >= 0.6 is 0 Å². The molecule has 0 spiro atoms. The fourth-order valence-electron chi connectivity index (χ4n) is 5.46. The average molecular weight is 433 g/mol. The summed E-state index contributed by atoms with van der Waals surface area (Å²) in [5.74, 6) is -3.45. The van der Waals surface area contributed by atoms with E-state index in [1.807, 2.05) is 0 Å². The third-order valence-electron chi connectivity index (χ3n) is 7.75. The summed E-state index contributed by atoms with van der Waals surface area (Å²) in [4.78, 5) is 0. The zero-order chi connectivity index (χ0) is 22.3. The summed E-state index contributed by atoms with van der Waals surface area (Å²) < 4.78 is 59.9. The van der Waals surface area contributed by atoms with Gasteiger partial charge in [-0.3, -0.25) is 0 Å². The van der Waals surface area contributed by atoms with Gasteiger partial charge in [0.2, 0.25) is 0 Å². The predicted octanol–water partition coefficient (Wildman–Crippen LogP) is 8.89. The van der Waals surface area contributed by atoms with Crippen molar-refractivity contribution in [3.63, 3.8) is 0 Å². The van der Waals surface area contributed by atoms with Crippen LogP contribution in [0.5, 0.6) is 0 Å². The molecule has 4 heteroatoms. The van der Waals surface area contributed by atoms with E-state index in [1.54, 1.807) is 12.1 Å². The topological polar surface area (TPSA) is 0 Å². The van der Waals surface area contributed by atoms with E-state index in [0.29, 0.717) is 17.0 Å². The Morgan fingerprint density at radius 2 is 1.03 bits per heavy atom. The smallest absolute Gasteiger partial charge is 0.167 e. The molecule has 4 rings (SSSR count). The van der Waals surface area contributed by atoms with Gasteiger partial charge in [-0.25, -0.2) is 17.6 Å². The van der Waals surface area contributed by atoms with Crippen LogP contribution < -0.4 is 0 Å². The Balaban J connectivity index is 1.62. The van der Waals surface area contributed by atoms with Crippen LogP contribution in [0.2, 0.25) is 0 Å². The van der Waals surface area contributed by atoms with Crippen LogP contribution in [-0.2, 0) is 0 Å². The van der Waals surface area contributed by atoms with Gasteiger partial charge in [0, 0.05) is 11.1 Å². The Labute approximate surface area is 183 Å². The highest BCUT2D eigenvalue weighted by Crippen LogP contribution is 2.44. The molecule has 0 nitrogen and oxygen atoms in total. The second-order valence-corrected chi connectivity index (χ2v) is 10.6. The van der Waals surface area contributed by atoms with Crippen molar-refractivity contribution in [2.45, 2.75) is 84.0 Å². The van der Waals surface area contributed by atoms with Gasteiger partial charge >= 0.3 is 0 Å². The molecule has 31 heavy (non-hydrogen) atoms. The van der Waals surface area contributed by atoms with E-state index in [4.69, 9.17) is 0 Å². The third kappa shape index (κ3) is 4.40. The Morgan fingerprint density at radius 1 is 0.613 bits per heavy atom. The Bertz CT molecular complexity index is 944. The summed E-state index contributed by atoms with van der Waals surface area (Å²) >= 11 is 0. The highest BCUT2D eigenvalue weighted by molar-refractivity contribution is 5.66. The molecule has 0 atom stereocenters. The van der Waals surface area contributed by atoms with Crippen LogP contribution in [0, 0.1) is 34.6 Å². The Morgan fingerprint density at radius 3 is 1.48 bits per heavy atom. The minimum absolute atomic E-state index is 0.0146. The van der Waals surface area contributed by atoms with Crippen molar-refractivity contribution < 1.29 is 17.6 Å². The van der Waals surface area contributed by atoms with Gasteiger partial charge in [0.1, 0.15) is 0 Å². The van der Waals surface area contributed by atoms with Gasteiger partial charge in [-0.1, -0.05) is 57.9 Å². The summed E-state index contributed by atoms with van der Waals surface area (Å²) in [7, 11) is 0. The van der Waals surface area contributed by atoms with Gasteiger partial charge < -0.3 is 0 Å². The van der Waals surface area contributed by atoms with E-state index in [-0.39, 0.29) is 28.4 Å². The first kappa shape index (κ1) is 22.4. The third-order valence-corrected chi connectivity index (χ3v) is 7.75. The molecule has 0 unspecified atom stereocenters. The van der Waals surface area contributed by atoms with Crippen LogP contribution in [0.25, 0.3) is 11.1 Å². The molecule has 2 aromatic rings. The summed E-state index contributed by atoms with van der Waals surface area (Å²) in [5.41, 5.74) is 0.515. The fraction of sp³-hybridized carbons (Fsp3) is 0.556. The minimum atomic E-state index is -1.08. The normalized spacial score (nSPS) is 24.4. The van der Waals surface area contributed by atoms with Crippen molar-refractivity contribution in [3.8, 4) is 11.1 Å². The molecule has 168 valence electrons. The first-order valence-corrected chi connectivity index (χ1v) is 11.6. The molecule has 0 heterocycles. The number of rotatable bonds is 3. The molecule has 2 aromatic carbocycles. The van der Waals surface area contributed by atoms with E-state index in [0.717, 1.165) is 51.4 Å². The lowest BCUT2D eigenvalue weighted by molar-refractivity contribution is 0.222. The quantitative estimate of drug-likeness (QED) is 0.425. The summed E-state index contributed by atoms with van der Waals surface area (Å²) in [6, 6.07) is 5.94. The molecule has 0 bridgehead atoms. The molecule has 0 N–H and O–H groups in total. The Kier molecular flexibility index (Phi) is 6.20. The molecule has 0 aromatic heterocycles. The van der Waals surface area contributed by atoms with E-state index in [1.165, 1.54) is 12.1 Å². The van der Waals surface area contributed by atoms with Crippen molar-refractivity contribution in [2.75, 3.05) is 0 Å². The SMILES string of the molecule is CC1CCC(c2ccc(-c3ccc(C4CCC(C)(C)CC4)c(F)c3F)c(F)c2F)CC1. The second kappa shape index (κ2) is 8.60. The van der Waals surface area contributed by atoms with Gasteiger partial charge in [-0.15, -0.1) is 0 Å². The van der Waals surface area contributed by atoms with Crippen LogP contribution in [-0.4, -0.2) is 0 Å². The lowest BCUT2D eigenvalue weighted by Gasteiger charge is -2.34. The maximum absolute atomic E-state index is 15.0. The van der Waals surface area contributed by atoms with Gasteiger partial charge in [-0.05, 0) is 72.8 Å². The van der Waals surface area contributed by atoms with Crippen LogP contribution in [0.15, 0.2) is 24.3 Å². The van der Waals surface area contributed by atoms with Crippen molar-refractivity contribution in [2.24, 2.45) is 11.3 Å². The number of halogens is 4. The summed E-state index contributed by atoms with van der Waals surface area (Å²) in [6.07, 6.45) is 7.17. The lowest BCUT2D eigenvalue weighted by Crippen LogP contribution is -2.21. The van der Waals surface area contributed by atoms with Crippen LogP contribution in [0.1, 0.15) is 95.1 Å². The first-order valence-electron chi connectivity index (χ1n) is 11.6. The summed E-state index contributed by atoms with van der Waals surface area (Å²) in [6.45, 7) is 6.56. The molecule has 0 radical (unpaired) electrons. The molecule has 2 fully saturated rings. The van der Waals surface area contributed by atoms with Crippen LogP contribution in [0.3, 0.4) is 0 Å². The molecular weight excluding hydrogens is 400 g/mol. The van der Waals surface area contributed by atoms with Gasteiger partial charge in [0.15, 0.2) is 23.3 Å². The fourth-order valence-corrected chi connectivity index (χ4v) is 5.46. The predicted molar refractivity (Wildman–Crippen MR) is 117 cm³/mol. The molecule has 0 aliphatic heterocycles. The van der Waals surface area contributed by atoms with Crippen molar-refractivity contribution in [1.82, 2.24) is 0 Å². The standard InChI is InChI=1S/C27H32F4/c1-16-4-6-17(7-5-16)19-8-10-21(25(30)23(19)28)22-11-9-20(24(29)26(22)31)18-12-14-27(2,3)15-13-18/h8-11,16-18H,4-7,12-15H2,1-3H3. The molecule has 0 saturated heterocycles. The molecule has 2 aliphatic rings. The van der Waals surface area contributed by atoms with Crippen molar-refractivity contribution in [3.05, 3.63) is 58.7 Å². The van der Waals surface area contributed by atoms with Crippen LogP contribution in [0.4, 0.5) is 17.6 Å². The lowest BCUT2D eigenvalue weighted by atomic mass is 9.71. The first-order chi connectivity index (χ1) is 14.7. The monoisotopic (exact) mass is 432 g/mol.